The van der Waals surface area contributed by atoms with Crippen LogP contribution in [0.5, 0.6) is 0 Å². The highest BCUT2D eigenvalue weighted by Gasteiger charge is 2.30. The maximum atomic E-state index is 12.8. The van der Waals surface area contributed by atoms with Crippen molar-refractivity contribution in [3.8, 4) is 0 Å². The first-order chi connectivity index (χ1) is 13.3. The van der Waals surface area contributed by atoms with Crippen LogP contribution in [0.2, 0.25) is 0 Å². The standard InChI is InChI=1S/C19H23N3O4S2/c1-20-18(24)16-11-12-27-19(16)21-17(23)13-7-9-15(10-8-13)28(25,26)22(2)14-5-3-4-6-14/h7-12,14H,3-6H2,1-2H3,(H,20,24)(H,21,23). The highest BCUT2D eigenvalue weighted by Crippen LogP contribution is 2.28. The molecule has 9 heteroatoms. The second kappa shape index (κ2) is 8.42. The number of anilines is 1. The SMILES string of the molecule is CNC(=O)c1ccsc1NC(=O)c1ccc(S(=O)(=O)N(C)C2CCCC2)cc1. The number of amides is 2. The number of benzene rings is 1. The largest absolute Gasteiger partial charge is 0.355 e. The predicted octanol–water partition coefficient (Wildman–Crippen LogP) is 2.92. The van der Waals surface area contributed by atoms with Crippen molar-refractivity contribution < 1.29 is 18.0 Å². The van der Waals surface area contributed by atoms with Gasteiger partial charge in [-0.2, -0.15) is 4.31 Å². The molecule has 1 aliphatic carbocycles. The van der Waals surface area contributed by atoms with Gasteiger partial charge in [-0.25, -0.2) is 8.42 Å². The smallest absolute Gasteiger partial charge is 0.256 e. The summed E-state index contributed by atoms with van der Waals surface area (Å²) in [5.74, 6) is -0.686. The van der Waals surface area contributed by atoms with Crippen molar-refractivity contribution in [2.24, 2.45) is 0 Å². The lowest BCUT2D eigenvalue weighted by atomic mass is 10.2. The summed E-state index contributed by atoms with van der Waals surface area (Å²) in [5.41, 5.74) is 0.706. The van der Waals surface area contributed by atoms with Gasteiger partial charge in [0.05, 0.1) is 10.5 Å². The molecule has 150 valence electrons. The Bertz CT molecular complexity index is 961. The molecule has 3 rings (SSSR count). The molecule has 0 radical (unpaired) electrons. The summed E-state index contributed by atoms with van der Waals surface area (Å²) in [5, 5.41) is 7.39. The summed E-state index contributed by atoms with van der Waals surface area (Å²) in [6, 6.07) is 7.53. The van der Waals surface area contributed by atoms with Gasteiger partial charge >= 0.3 is 0 Å². The van der Waals surface area contributed by atoms with E-state index < -0.39 is 15.9 Å². The van der Waals surface area contributed by atoms with E-state index in [1.54, 1.807) is 18.5 Å². The molecule has 28 heavy (non-hydrogen) atoms. The Labute approximate surface area is 168 Å². The molecular weight excluding hydrogens is 398 g/mol. The zero-order valence-corrected chi connectivity index (χ0v) is 17.4. The molecule has 1 aromatic heterocycles. The van der Waals surface area contributed by atoms with Crippen LogP contribution < -0.4 is 10.6 Å². The Morgan fingerprint density at radius 3 is 2.32 bits per heavy atom. The van der Waals surface area contributed by atoms with Crippen molar-refractivity contribution in [1.82, 2.24) is 9.62 Å². The number of nitrogens with zero attached hydrogens (tertiary/aromatic N) is 1. The Morgan fingerprint density at radius 2 is 1.71 bits per heavy atom. The van der Waals surface area contributed by atoms with Crippen molar-refractivity contribution in [3.63, 3.8) is 0 Å². The van der Waals surface area contributed by atoms with E-state index in [1.165, 1.54) is 47.0 Å². The number of thiophene rings is 1. The minimum Gasteiger partial charge on any atom is -0.355 e. The first kappa shape index (κ1) is 20.5. The third-order valence-electron chi connectivity index (χ3n) is 5.00. The van der Waals surface area contributed by atoms with Crippen LogP contribution in [0.3, 0.4) is 0 Å². The maximum Gasteiger partial charge on any atom is 0.256 e. The monoisotopic (exact) mass is 421 g/mol. The minimum atomic E-state index is -3.59. The molecule has 2 N–H and O–H groups in total. The van der Waals surface area contributed by atoms with E-state index in [-0.39, 0.29) is 16.8 Å². The molecular formula is C19H23N3O4S2. The molecule has 1 aromatic carbocycles. The maximum absolute atomic E-state index is 12.8. The zero-order valence-electron chi connectivity index (χ0n) is 15.8. The molecule has 2 amide bonds. The van der Waals surface area contributed by atoms with E-state index in [0.29, 0.717) is 16.1 Å². The normalized spacial score (nSPS) is 15.0. The van der Waals surface area contributed by atoms with Crippen molar-refractivity contribution in [3.05, 3.63) is 46.8 Å². The molecule has 0 aliphatic heterocycles. The fraction of sp³-hybridized carbons (Fsp3) is 0.368. The van der Waals surface area contributed by atoms with Gasteiger partial charge in [0, 0.05) is 25.7 Å². The Hall–Kier alpha value is -2.23. The highest BCUT2D eigenvalue weighted by molar-refractivity contribution is 7.89. The zero-order chi connectivity index (χ0) is 20.3. The van der Waals surface area contributed by atoms with Crippen LogP contribution in [-0.2, 0) is 10.0 Å². The number of hydrogen-bond donors (Lipinski definition) is 2. The number of rotatable bonds is 6. The van der Waals surface area contributed by atoms with Crippen LogP contribution in [0, 0.1) is 0 Å². The van der Waals surface area contributed by atoms with E-state index in [4.69, 9.17) is 0 Å². The first-order valence-corrected chi connectivity index (χ1v) is 11.4. The third kappa shape index (κ3) is 4.11. The summed E-state index contributed by atoms with van der Waals surface area (Å²) in [6.07, 6.45) is 3.85. The molecule has 0 unspecified atom stereocenters. The fourth-order valence-electron chi connectivity index (χ4n) is 3.30. The molecule has 1 heterocycles. The Balaban J connectivity index is 1.74. The Kier molecular flexibility index (Phi) is 6.17. The summed E-state index contributed by atoms with van der Waals surface area (Å²) >= 11 is 1.25. The third-order valence-corrected chi connectivity index (χ3v) is 7.75. The molecule has 7 nitrogen and oxygen atoms in total. The van der Waals surface area contributed by atoms with Gasteiger partial charge < -0.3 is 10.6 Å². The fourth-order valence-corrected chi connectivity index (χ4v) is 5.50. The number of carbonyl (C=O) groups is 2. The number of carbonyl (C=O) groups excluding carboxylic acids is 2. The molecule has 0 bridgehead atoms. The van der Waals surface area contributed by atoms with E-state index in [9.17, 15) is 18.0 Å². The highest BCUT2D eigenvalue weighted by atomic mass is 32.2. The van der Waals surface area contributed by atoms with Gasteiger partial charge in [-0.1, -0.05) is 12.8 Å². The molecule has 1 saturated carbocycles. The molecule has 1 fully saturated rings. The van der Waals surface area contributed by atoms with Crippen LogP contribution in [-0.4, -0.2) is 44.7 Å². The number of nitrogens with one attached hydrogen (secondary N) is 2. The number of hydrogen-bond acceptors (Lipinski definition) is 5. The van der Waals surface area contributed by atoms with Gasteiger partial charge in [0.15, 0.2) is 0 Å². The topological polar surface area (TPSA) is 95.6 Å². The van der Waals surface area contributed by atoms with Crippen molar-refractivity contribution in [1.29, 1.82) is 0 Å². The minimum absolute atomic E-state index is 0.0370. The van der Waals surface area contributed by atoms with Crippen molar-refractivity contribution in [2.75, 3.05) is 19.4 Å². The van der Waals surface area contributed by atoms with Gasteiger partial charge in [-0.05, 0) is 48.6 Å². The van der Waals surface area contributed by atoms with Crippen LogP contribution in [0.15, 0.2) is 40.6 Å². The van der Waals surface area contributed by atoms with Gasteiger partial charge in [0.1, 0.15) is 5.00 Å². The van der Waals surface area contributed by atoms with Gasteiger partial charge in [0.2, 0.25) is 10.0 Å². The quantitative estimate of drug-likeness (QED) is 0.750. The average molecular weight is 422 g/mol. The summed E-state index contributed by atoms with van der Waals surface area (Å²) in [7, 11) is -0.450. The van der Waals surface area contributed by atoms with E-state index in [1.807, 2.05) is 0 Å². The molecule has 2 aromatic rings. The van der Waals surface area contributed by atoms with Crippen LogP contribution in [0.4, 0.5) is 5.00 Å². The summed E-state index contributed by atoms with van der Waals surface area (Å²) in [4.78, 5) is 24.5. The Morgan fingerprint density at radius 1 is 1.07 bits per heavy atom. The molecule has 1 aliphatic rings. The van der Waals surface area contributed by atoms with Crippen LogP contribution in [0.1, 0.15) is 46.4 Å². The van der Waals surface area contributed by atoms with Gasteiger partial charge in [-0.3, -0.25) is 9.59 Å². The first-order valence-electron chi connectivity index (χ1n) is 9.03. The van der Waals surface area contributed by atoms with Crippen LogP contribution in [0.25, 0.3) is 0 Å². The lowest BCUT2D eigenvalue weighted by Gasteiger charge is -2.23. The molecule has 0 spiro atoms. The predicted molar refractivity (Wildman–Crippen MR) is 109 cm³/mol. The summed E-state index contributed by atoms with van der Waals surface area (Å²) in [6.45, 7) is 0. The molecule has 0 atom stereocenters. The van der Waals surface area contributed by atoms with Gasteiger partial charge in [-0.15, -0.1) is 11.3 Å². The van der Waals surface area contributed by atoms with Crippen molar-refractivity contribution >= 4 is 38.2 Å². The van der Waals surface area contributed by atoms with Crippen LogP contribution >= 0.6 is 11.3 Å². The van der Waals surface area contributed by atoms with E-state index >= 15 is 0 Å². The second-order valence-electron chi connectivity index (χ2n) is 6.68. The number of sulfonamides is 1. The van der Waals surface area contributed by atoms with E-state index in [0.717, 1.165) is 25.7 Å². The second-order valence-corrected chi connectivity index (χ2v) is 9.59. The lowest BCUT2D eigenvalue weighted by Crippen LogP contribution is -2.35. The van der Waals surface area contributed by atoms with E-state index in [2.05, 4.69) is 10.6 Å². The average Bonchev–Trinajstić information content (AvgIpc) is 3.39. The lowest BCUT2D eigenvalue weighted by molar-refractivity contribution is 0.0964. The summed E-state index contributed by atoms with van der Waals surface area (Å²) < 4.78 is 27.0. The van der Waals surface area contributed by atoms with Gasteiger partial charge in [0.25, 0.3) is 11.8 Å². The van der Waals surface area contributed by atoms with Crippen molar-refractivity contribution in [2.45, 2.75) is 36.6 Å². The molecule has 0 saturated heterocycles.